The Morgan fingerprint density at radius 3 is 2.16 bits per heavy atom. The van der Waals surface area contributed by atoms with Crippen molar-refractivity contribution in [2.75, 3.05) is 26.2 Å². The van der Waals surface area contributed by atoms with E-state index in [1.165, 1.54) is 12.8 Å². The lowest BCUT2D eigenvalue weighted by Gasteiger charge is -2.33. The molecule has 0 atom stereocenters. The van der Waals surface area contributed by atoms with Gasteiger partial charge >= 0.3 is 0 Å². The smallest absolute Gasteiger partial charge is 0.262 e. The SMILES string of the molecule is O=C(CN1C(=O)c2ccccc2C1=O)N1CCC(NCC2CC2)CC1. The van der Waals surface area contributed by atoms with Crippen LogP contribution in [0.5, 0.6) is 0 Å². The first-order chi connectivity index (χ1) is 12.1. The van der Waals surface area contributed by atoms with Gasteiger partial charge in [0.1, 0.15) is 6.54 Å². The topological polar surface area (TPSA) is 69.7 Å². The van der Waals surface area contributed by atoms with Crippen molar-refractivity contribution in [2.24, 2.45) is 5.92 Å². The summed E-state index contributed by atoms with van der Waals surface area (Å²) in [6, 6.07) is 7.21. The maximum Gasteiger partial charge on any atom is 0.262 e. The molecule has 2 aliphatic heterocycles. The average Bonchev–Trinajstić information content (AvgIpc) is 3.44. The molecule has 0 spiro atoms. The standard InChI is InChI=1S/C19H23N3O3/c23-17(21-9-7-14(8-10-21)20-11-13-5-6-13)12-22-18(24)15-3-1-2-4-16(15)19(22)25/h1-4,13-14,20H,5-12H2. The first-order valence-electron chi connectivity index (χ1n) is 9.10. The van der Waals surface area contributed by atoms with Crippen LogP contribution in [0.2, 0.25) is 0 Å². The van der Waals surface area contributed by atoms with E-state index in [1.54, 1.807) is 29.2 Å². The zero-order valence-corrected chi connectivity index (χ0v) is 14.2. The predicted octanol–water partition coefficient (Wildman–Crippen LogP) is 1.27. The molecule has 1 aromatic rings. The van der Waals surface area contributed by atoms with Crippen LogP contribution in [0.3, 0.4) is 0 Å². The van der Waals surface area contributed by atoms with Crippen LogP contribution in [-0.4, -0.2) is 59.7 Å². The molecule has 1 saturated carbocycles. The van der Waals surface area contributed by atoms with Gasteiger partial charge in [0.05, 0.1) is 11.1 Å². The number of nitrogens with zero attached hydrogens (tertiary/aromatic N) is 2. The molecule has 3 aliphatic rings. The maximum absolute atomic E-state index is 12.5. The highest BCUT2D eigenvalue weighted by molar-refractivity contribution is 6.22. The molecule has 132 valence electrons. The van der Waals surface area contributed by atoms with Crippen molar-refractivity contribution in [1.82, 2.24) is 15.1 Å². The van der Waals surface area contributed by atoms with Crippen molar-refractivity contribution in [1.29, 1.82) is 0 Å². The number of benzene rings is 1. The Hall–Kier alpha value is -2.21. The fourth-order valence-electron chi connectivity index (χ4n) is 3.61. The van der Waals surface area contributed by atoms with Gasteiger partial charge < -0.3 is 10.2 Å². The zero-order chi connectivity index (χ0) is 17.4. The lowest BCUT2D eigenvalue weighted by molar-refractivity contribution is -0.132. The van der Waals surface area contributed by atoms with Gasteiger partial charge in [0.15, 0.2) is 0 Å². The van der Waals surface area contributed by atoms with E-state index in [1.807, 2.05) is 0 Å². The Balaban J connectivity index is 1.31. The van der Waals surface area contributed by atoms with Crippen LogP contribution in [0.1, 0.15) is 46.4 Å². The summed E-state index contributed by atoms with van der Waals surface area (Å²) in [6.07, 6.45) is 4.54. The number of piperidine rings is 1. The van der Waals surface area contributed by atoms with Crippen LogP contribution in [-0.2, 0) is 4.79 Å². The number of imide groups is 1. The summed E-state index contributed by atoms with van der Waals surface area (Å²) in [6.45, 7) is 2.30. The Labute approximate surface area is 147 Å². The van der Waals surface area contributed by atoms with Gasteiger partial charge in [-0.1, -0.05) is 12.1 Å². The molecule has 1 saturated heterocycles. The fraction of sp³-hybridized carbons (Fsp3) is 0.526. The molecule has 0 radical (unpaired) electrons. The number of hydrogen-bond donors (Lipinski definition) is 1. The summed E-state index contributed by atoms with van der Waals surface area (Å²) in [5.74, 6) is -0.0199. The Bertz CT molecular complexity index is 671. The van der Waals surface area contributed by atoms with Crippen LogP contribution in [0, 0.1) is 5.92 Å². The number of rotatable bonds is 5. The third-order valence-electron chi connectivity index (χ3n) is 5.41. The average molecular weight is 341 g/mol. The number of carbonyl (C=O) groups excluding carboxylic acids is 3. The molecule has 4 rings (SSSR count). The van der Waals surface area contributed by atoms with E-state index in [0.29, 0.717) is 30.3 Å². The van der Waals surface area contributed by atoms with E-state index in [4.69, 9.17) is 0 Å². The fourth-order valence-corrected chi connectivity index (χ4v) is 3.61. The lowest BCUT2D eigenvalue weighted by Crippen LogP contribution is -2.49. The van der Waals surface area contributed by atoms with E-state index in [-0.39, 0.29) is 24.3 Å². The minimum atomic E-state index is -0.366. The van der Waals surface area contributed by atoms with Gasteiger partial charge in [0.2, 0.25) is 5.91 Å². The van der Waals surface area contributed by atoms with Gasteiger partial charge in [-0.25, -0.2) is 0 Å². The van der Waals surface area contributed by atoms with Gasteiger partial charge in [-0.15, -0.1) is 0 Å². The van der Waals surface area contributed by atoms with E-state index in [9.17, 15) is 14.4 Å². The highest BCUT2D eigenvalue weighted by atomic mass is 16.2. The van der Waals surface area contributed by atoms with Gasteiger partial charge in [0, 0.05) is 19.1 Å². The summed E-state index contributed by atoms with van der Waals surface area (Å²) in [5, 5.41) is 3.59. The zero-order valence-electron chi connectivity index (χ0n) is 14.2. The highest BCUT2D eigenvalue weighted by Crippen LogP contribution is 2.28. The molecule has 2 fully saturated rings. The minimum absolute atomic E-state index is 0.143. The van der Waals surface area contributed by atoms with Crippen molar-refractivity contribution >= 4 is 17.7 Å². The van der Waals surface area contributed by atoms with E-state index < -0.39 is 0 Å². The summed E-state index contributed by atoms with van der Waals surface area (Å²) in [5.41, 5.74) is 0.784. The van der Waals surface area contributed by atoms with E-state index in [2.05, 4.69) is 5.32 Å². The first-order valence-corrected chi connectivity index (χ1v) is 9.10. The molecule has 1 aromatic carbocycles. The van der Waals surface area contributed by atoms with Crippen molar-refractivity contribution in [3.8, 4) is 0 Å². The summed E-state index contributed by atoms with van der Waals surface area (Å²) in [7, 11) is 0. The van der Waals surface area contributed by atoms with Crippen LogP contribution in [0.25, 0.3) is 0 Å². The molecule has 0 unspecified atom stereocenters. The van der Waals surface area contributed by atoms with Gasteiger partial charge in [-0.2, -0.15) is 0 Å². The monoisotopic (exact) mass is 341 g/mol. The van der Waals surface area contributed by atoms with Crippen LogP contribution in [0.4, 0.5) is 0 Å². The molecule has 6 nitrogen and oxygen atoms in total. The van der Waals surface area contributed by atoms with Gasteiger partial charge in [-0.3, -0.25) is 19.3 Å². The van der Waals surface area contributed by atoms with E-state index in [0.717, 1.165) is 30.2 Å². The summed E-state index contributed by atoms with van der Waals surface area (Å²) in [4.78, 5) is 40.1. The van der Waals surface area contributed by atoms with Crippen molar-refractivity contribution < 1.29 is 14.4 Å². The molecule has 1 aliphatic carbocycles. The molecule has 3 amide bonds. The van der Waals surface area contributed by atoms with E-state index >= 15 is 0 Å². The predicted molar refractivity (Wildman–Crippen MR) is 92.1 cm³/mol. The quantitative estimate of drug-likeness (QED) is 0.819. The van der Waals surface area contributed by atoms with Gasteiger partial charge in [0.25, 0.3) is 11.8 Å². The molecular weight excluding hydrogens is 318 g/mol. The molecule has 2 heterocycles. The molecule has 6 heteroatoms. The Kier molecular flexibility index (Phi) is 4.29. The second kappa shape index (κ2) is 6.59. The van der Waals surface area contributed by atoms with Gasteiger partial charge in [-0.05, 0) is 50.3 Å². The number of carbonyl (C=O) groups is 3. The molecule has 0 bridgehead atoms. The normalized spacial score (nSPS) is 21.0. The second-order valence-corrected chi connectivity index (χ2v) is 7.25. The lowest BCUT2D eigenvalue weighted by atomic mass is 10.0. The highest BCUT2D eigenvalue weighted by Gasteiger charge is 2.37. The molecule has 1 N–H and O–H groups in total. The minimum Gasteiger partial charge on any atom is -0.341 e. The number of nitrogens with one attached hydrogen (secondary N) is 1. The number of fused-ring (bicyclic) bond motifs is 1. The second-order valence-electron chi connectivity index (χ2n) is 7.25. The Morgan fingerprint density at radius 2 is 1.60 bits per heavy atom. The van der Waals surface area contributed by atoms with Crippen molar-refractivity contribution in [3.63, 3.8) is 0 Å². The molecule has 0 aromatic heterocycles. The van der Waals surface area contributed by atoms with Crippen LogP contribution < -0.4 is 5.32 Å². The van der Waals surface area contributed by atoms with Crippen LogP contribution in [0.15, 0.2) is 24.3 Å². The number of hydrogen-bond acceptors (Lipinski definition) is 4. The molecular formula is C19H23N3O3. The van der Waals surface area contributed by atoms with Crippen LogP contribution >= 0.6 is 0 Å². The third kappa shape index (κ3) is 3.31. The maximum atomic E-state index is 12.5. The summed E-state index contributed by atoms with van der Waals surface area (Å²) >= 11 is 0. The molecule has 25 heavy (non-hydrogen) atoms. The largest absolute Gasteiger partial charge is 0.341 e. The number of likely N-dealkylation sites (tertiary alicyclic amines) is 1. The Morgan fingerprint density at radius 1 is 1.00 bits per heavy atom. The first kappa shape index (κ1) is 16.3. The van der Waals surface area contributed by atoms with Crippen molar-refractivity contribution in [2.45, 2.75) is 31.7 Å². The van der Waals surface area contributed by atoms with Crippen molar-refractivity contribution in [3.05, 3.63) is 35.4 Å². The summed E-state index contributed by atoms with van der Waals surface area (Å²) < 4.78 is 0. The number of amides is 3. The third-order valence-corrected chi connectivity index (χ3v) is 5.41.